The van der Waals surface area contributed by atoms with Crippen molar-refractivity contribution in [2.45, 2.75) is 6.54 Å². The maximum absolute atomic E-state index is 12.9. The van der Waals surface area contributed by atoms with Crippen molar-refractivity contribution in [2.75, 3.05) is 30.8 Å². The van der Waals surface area contributed by atoms with Gasteiger partial charge in [0.1, 0.15) is 4.88 Å². The highest BCUT2D eigenvalue weighted by Gasteiger charge is 2.20. The number of thiophene rings is 1. The molecule has 2 amide bonds. The fraction of sp³-hybridized carbons (Fsp3) is 0.174. The predicted molar refractivity (Wildman–Crippen MR) is 136 cm³/mol. The number of carbonyl (C=O) groups excluding carboxylic acids is 2. The first-order valence-corrected chi connectivity index (χ1v) is 11.8. The molecular weight excluding hydrogens is 499 g/mol. The molecule has 0 spiro atoms. The number of aromatic carboxylic acids is 1. The molecule has 0 aliphatic heterocycles. The highest BCUT2D eigenvalue weighted by molar-refractivity contribution is 7.13. The molecule has 0 saturated carbocycles. The van der Waals surface area contributed by atoms with Crippen LogP contribution in [0, 0.1) is 0 Å². The molecule has 34 heavy (non-hydrogen) atoms. The number of hydrogen-bond acceptors (Lipinski definition) is 6. The Morgan fingerprint density at radius 1 is 0.971 bits per heavy atom. The first-order chi connectivity index (χ1) is 16.3. The molecule has 0 radical (unpaired) electrons. The molecule has 0 bridgehead atoms. The average molecular weight is 521 g/mol. The van der Waals surface area contributed by atoms with Gasteiger partial charge in [0.05, 0.1) is 16.3 Å². The maximum atomic E-state index is 12.9. The molecule has 8 nitrogen and oxygen atoms in total. The van der Waals surface area contributed by atoms with Gasteiger partial charge in [0.25, 0.3) is 11.8 Å². The summed E-state index contributed by atoms with van der Waals surface area (Å²) in [6, 6.07) is 10.5. The van der Waals surface area contributed by atoms with E-state index in [1.807, 2.05) is 7.05 Å². The number of rotatable bonds is 10. The maximum Gasteiger partial charge on any atom is 0.337 e. The van der Waals surface area contributed by atoms with Crippen molar-refractivity contribution in [3.63, 3.8) is 0 Å². The fourth-order valence-corrected chi connectivity index (χ4v) is 4.36. The second-order valence-corrected chi connectivity index (χ2v) is 8.86. The van der Waals surface area contributed by atoms with Gasteiger partial charge in [0, 0.05) is 35.9 Å². The van der Waals surface area contributed by atoms with Crippen LogP contribution in [0.3, 0.4) is 0 Å². The number of anilines is 2. The molecule has 0 aliphatic rings. The Labute approximate surface area is 210 Å². The zero-order chi connectivity index (χ0) is 24.7. The number of nitrogens with one attached hydrogen (secondary N) is 4. The average Bonchev–Trinajstić information content (AvgIpc) is 3.18. The number of hydrogen-bond donors (Lipinski definition) is 5. The minimum absolute atomic E-state index is 0.0144. The lowest BCUT2D eigenvalue weighted by Crippen LogP contribution is -2.24. The summed E-state index contributed by atoms with van der Waals surface area (Å²) in [6.45, 7) is 2.01. The smallest absolute Gasteiger partial charge is 0.337 e. The molecule has 0 atom stereocenters. The number of halogens is 2. The van der Waals surface area contributed by atoms with Gasteiger partial charge in [0.2, 0.25) is 0 Å². The molecule has 2 aromatic carbocycles. The van der Waals surface area contributed by atoms with Gasteiger partial charge >= 0.3 is 5.97 Å². The van der Waals surface area contributed by atoms with Gasteiger partial charge in [-0.25, -0.2) is 4.79 Å². The molecule has 3 aromatic rings. The van der Waals surface area contributed by atoms with Crippen LogP contribution >= 0.6 is 34.5 Å². The van der Waals surface area contributed by atoms with Gasteiger partial charge in [-0.3, -0.25) is 9.59 Å². The van der Waals surface area contributed by atoms with Crippen LogP contribution in [0.5, 0.6) is 0 Å². The summed E-state index contributed by atoms with van der Waals surface area (Å²) in [5.41, 5.74) is 1.28. The third kappa shape index (κ3) is 6.55. The Bertz CT molecular complexity index is 1200. The van der Waals surface area contributed by atoms with E-state index in [4.69, 9.17) is 23.2 Å². The summed E-state index contributed by atoms with van der Waals surface area (Å²) in [7, 11) is 1.85. The van der Waals surface area contributed by atoms with E-state index >= 15 is 0 Å². The quantitative estimate of drug-likeness (QED) is 0.250. The van der Waals surface area contributed by atoms with Crippen LogP contribution < -0.4 is 21.3 Å². The van der Waals surface area contributed by atoms with E-state index in [1.165, 1.54) is 18.2 Å². The van der Waals surface area contributed by atoms with E-state index in [2.05, 4.69) is 21.3 Å². The lowest BCUT2D eigenvalue weighted by molar-refractivity contribution is 0.0697. The van der Waals surface area contributed by atoms with Gasteiger partial charge in [-0.05, 0) is 60.5 Å². The number of carboxylic acids is 1. The number of likely N-dealkylation sites (N-methyl/N-ethyl adjacent to an activating group) is 1. The van der Waals surface area contributed by atoms with Crippen molar-refractivity contribution in [1.82, 2.24) is 10.6 Å². The fourth-order valence-electron chi connectivity index (χ4n) is 2.98. The first-order valence-electron chi connectivity index (χ1n) is 10.2. The molecule has 0 fully saturated rings. The molecule has 0 aliphatic carbocycles. The molecule has 3 rings (SSSR count). The number of amides is 2. The second kappa shape index (κ2) is 12.0. The van der Waals surface area contributed by atoms with Crippen molar-refractivity contribution in [3.05, 3.63) is 79.5 Å². The molecule has 0 saturated heterocycles. The normalized spacial score (nSPS) is 10.7. The van der Waals surface area contributed by atoms with E-state index in [1.54, 1.807) is 29.6 Å². The molecule has 5 N–H and O–H groups in total. The van der Waals surface area contributed by atoms with Crippen molar-refractivity contribution in [2.24, 2.45) is 0 Å². The van der Waals surface area contributed by atoms with Crippen molar-refractivity contribution >= 4 is 63.7 Å². The molecule has 1 aromatic heterocycles. The highest BCUT2D eigenvalue weighted by Crippen LogP contribution is 2.29. The standard InChI is InChI=1S/C23H22Cl2N4O4S/c1-26-8-9-27-11-14-12-34-20(19(14)25)22(31)29-18-10-13(2-7-17(18)23(32)33)21(30)28-16-5-3-15(24)4-6-16/h2-7,10,12,26-27H,8-9,11H2,1H3,(H,28,30)(H,29,31)(H,32,33). The lowest BCUT2D eigenvalue weighted by atomic mass is 10.1. The zero-order valence-corrected chi connectivity index (χ0v) is 20.4. The van der Waals surface area contributed by atoms with Crippen LogP contribution in [-0.4, -0.2) is 43.0 Å². The third-order valence-corrected chi connectivity index (χ3v) is 6.56. The Kier molecular flexibility index (Phi) is 9.03. The third-order valence-electron chi connectivity index (χ3n) is 4.74. The summed E-state index contributed by atoms with van der Waals surface area (Å²) < 4.78 is 0. The number of carboxylic acid groups (broad SMARTS) is 1. The van der Waals surface area contributed by atoms with Gasteiger partial charge < -0.3 is 26.4 Å². The Hall–Kier alpha value is -2.95. The monoisotopic (exact) mass is 520 g/mol. The van der Waals surface area contributed by atoms with E-state index in [0.717, 1.165) is 30.0 Å². The predicted octanol–water partition coefficient (Wildman–Crippen LogP) is 4.57. The summed E-state index contributed by atoms with van der Waals surface area (Å²) in [6.07, 6.45) is 0. The lowest BCUT2D eigenvalue weighted by Gasteiger charge is -2.11. The molecule has 1 heterocycles. The van der Waals surface area contributed by atoms with Crippen LogP contribution in [0.2, 0.25) is 10.0 Å². The molecule has 0 unspecified atom stereocenters. The summed E-state index contributed by atoms with van der Waals surface area (Å²) in [5, 5.41) is 23.7. The Balaban J connectivity index is 1.78. The van der Waals surface area contributed by atoms with E-state index in [-0.39, 0.29) is 21.7 Å². The minimum atomic E-state index is -1.24. The van der Waals surface area contributed by atoms with Crippen molar-refractivity contribution in [3.8, 4) is 0 Å². The first kappa shape index (κ1) is 25.7. The number of benzene rings is 2. The second-order valence-electron chi connectivity index (χ2n) is 7.17. The van der Waals surface area contributed by atoms with Crippen LogP contribution in [0.25, 0.3) is 0 Å². The summed E-state index contributed by atoms with van der Waals surface area (Å²) >= 11 is 13.4. The topological polar surface area (TPSA) is 120 Å². The van der Waals surface area contributed by atoms with Crippen LogP contribution in [0.1, 0.15) is 36.0 Å². The van der Waals surface area contributed by atoms with E-state index in [9.17, 15) is 19.5 Å². The molecular formula is C23H22Cl2N4O4S. The van der Waals surface area contributed by atoms with Gasteiger partial charge in [-0.1, -0.05) is 23.2 Å². The summed E-state index contributed by atoms with van der Waals surface area (Å²) in [4.78, 5) is 37.5. The zero-order valence-electron chi connectivity index (χ0n) is 18.1. The Morgan fingerprint density at radius 2 is 1.71 bits per heavy atom. The van der Waals surface area contributed by atoms with Crippen LogP contribution in [-0.2, 0) is 6.54 Å². The molecule has 11 heteroatoms. The summed E-state index contributed by atoms with van der Waals surface area (Å²) in [5.74, 6) is -2.28. The van der Waals surface area contributed by atoms with Crippen LogP contribution in [0.15, 0.2) is 47.8 Å². The highest BCUT2D eigenvalue weighted by atomic mass is 35.5. The SMILES string of the molecule is CNCCNCc1csc(C(=O)Nc2cc(C(=O)Nc3ccc(Cl)cc3)ccc2C(=O)O)c1Cl. The van der Waals surface area contributed by atoms with Gasteiger partial charge in [-0.2, -0.15) is 0 Å². The van der Waals surface area contributed by atoms with Gasteiger partial charge in [-0.15, -0.1) is 11.3 Å². The van der Waals surface area contributed by atoms with Crippen molar-refractivity contribution in [1.29, 1.82) is 0 Å². The van der Waals surface area contributed by atoms with E-state index < -0.39 is 17.8 Å². The van der Waals surface area contributed by atoms with Gasteiger partial charge in [0.15, 0.2) is 0 Å². The minimum Gasteiger partial charge on any atom is -0.478 e. The number of carbonyl (C=O) groups is 3. The van der Waals surface area contributed by atoms with E-state index in [0.29, 0.717) is 22.3 Å². The molecule has 178 valence electrons. The van der Waals surface area contributed by atoms with Crippen LogP contribution in [0.4, 0.5) is 11.4 Å². The van der Waals surface area contributed by atoms with Crippen molar-refractivity contribution < 1.29 is 19.5 Å². The largest absolute Gasteiger partial charge is 0.478 e. The Morgan fingerprint density at radius 3 is 2.38 bits per heavy atom.